The molecular formula is C21H31N5. The van der Waals surface area contributed by atoms with E-state index in [-0.39, 0.29) is 0 Å². The summed E-state index contributed by atoms with van der Waals surface area (Å²) in [5.41, 5.74) is 4.24. The number of nitrogens with one attached hydrogen (secondary N) is 1. The Hall–Kier alpha value is -1.85. The molecule has 5 nitrogen and oxygen atoms in total. The van der Waals surface area contributed by atoms with Crippen LogP contribution in [0, 0.1) is 13.8 Å². The standard InChI is InChI=1S/C21H31N5/c1-17-5-3-6-21(18(17)2)25-13-11-24(12-14-25)10-8-22-19-15-20(16-19)26-9-4-7-23-26/h3-7,9,19-20,22H,8,10-16H2,1-2H3. The molecule has 0 atom stereocenters. The second-order valence-electron chi connectivity index (χ2n) is 7.81. The fraction of sp³-hybridized carbons (Fsp3) is 0.571. The minimum Gasteiger partial charge on any atom is -0.369 e. The van der Waals surface area contributed by atoms with Gasteiger partial charge in [-0.25, -0.2) is 0 Å². The van der Waals surface area contributed by atoms with Crippen LogP contribution in [0.1, 0.15) is 30.0 Å². The molecule has 2 heterocycles. The van der Waals surface area contributed by atoms with Gasteiger partial charge in [-0.2, -0.15) is 5.10 Å². The lowest BCUT2D eigenvalue weighted by Gasteiger charge is -2.39. The Bertz CT molecular complexity index is 697. The number of rotatable bonds is 6. The molecule has 2 fully saturated rings. The highest BCUT2D eigenvalue weighted by atomic mass is 15.3. The van der Waals surface area contributed by atoms with Gasteiger partial charge in [0.1, 0.15) is 0 Å². The van der Waals surface area contributed by atoms with Gasteiger partial charge in [-0.05, 0) is 49.9 Å². The maximum Gasteiger partial charge on any atom is 0.0548 e. The first kappa shape index (κ1) is 17.6. The molecule has 4 rings (SSSR count). The molecule has 2 aromatic rings. The van der Waals surface area contributed by atoms with Crippen molar-refractivity contribution in [3.63, 3.8) is 0 Å². The number of anilines is 1. The Morgan fingerprint density at radius 1 is 1.08 bits per heavy atom. The summed E-state index contributed by atoms with van der Waals surface area (Å²) in [6, 6.07) is 9.94. The van der Waals surface area contributed by atoms with E-state index in [2.05, 4.69) is 63.1 Å². The van der Waals surface area contributed by atoms with Crippen LogP contribution in [0.2, 0.25) is 0 Å². The zero-order chi connectivity index (χ0) is 17.9. The Kier molecular flexibility index (Phi) is 5.27. The van der Waals surface area contributed by atoms with Crippen molar-refractivity contribution < 1.29 is 0 Å². The number of hydrogen-bond acceptors (Lipinski definition) is 4. The topological polar surface area (TPSA) is 36.3 Å². The lowest BCUT2D eigenvalue weighted by Crippen LogP contribution is -2.50. The maximum atomic E-state index is 4.35. The summed E-state index contributed by atoms with van der Waals surface area (Å²) >= 11 is 0. The van der Waals surface area contributed by atoms with Gasteiger partial charge >= 0.3 is 0 Å². The first-order valence-electron chi connectivity index (χ1n) is 9.97. The molecule has 1 N–H and O–H groups in total. The third kappa shape index (κ3) is 3.79. The highest BCUT2D eigenvalue weighted by Crippen LogP contribution is 2.31. The molecule has 26 heavy (non-hydrogen) atoms. The van der Waals surface area contributed by atoms with E-state index in [1.165, 1.54) is 29.7 Å². The summed E-state index contributed by atoms with van der Waals surface area (Å²) in [5.74, 6) is 0. The molecule has 1 aliphatic heterocycles. The molecule has 0 unspecified atom stereocenters. The minimum atomic E-state index is 0.601. The van der Waals surface area contributed by atoms with Crippen molar-refractivity contribution in [2.75, 3.05) is 44.2 Å². The highest BCUT2D eigenvalue weighted by Gasteiger charge is 2.30. The minimum absolute atomic E-state index is 0.601. The van der Waals surface area contributed by atoms with E-state index in [1.807, 2.05) is 12.3 Å². The summed E-state index contributed by atoms with van der Waals surface area (Å²) in [7, 11) is 0. The van der Waals surface area contributed by atoms with Crippen LogP contribution in [-0.4, -0.2) is 60.0 Å². The molecule has 5 heteroatoms. The third-order valence-corrected chi connectivity index (χ3v) is 6.16. The van der Waals surface area contributed by atoms with Crippen molar-refractivity contribution in [3.05, 3.63) is 47.8 Å². The average Bonchev–Trinajstić information content (AvgIpc) is 3.14. The van der Waals surface area contributed by atoms with Crippen LogP contribution in [0.4, 0.5) is 5.69 Å². The maximum absolute atomic E-state index is 4.35. The first-order chi connectivity index (χ1) is 12.7. The second kappa shape index (κ2) is 7.80. The molecule has 0 spiro atoms. The van der Waals surface area contributed by atoms with Crippen LogP contribution in [-0.2, 0) is 0 Å². The van der Waals surface area contributed by atoms with Gasteiger partial charge in [0, 0.05) is 63.4 Å². The van der Waals surface area contributed by atoms with Crippen LogP contribution < -0.4 is 10.2 Å². The molecule has 0 radical (unpaired) electrons. The fourth-order valence-electron chi connectivity index (χ4n) is 4.18. The van der Waals surface area contributed by atoms with E-state index in [9.17, 15) is 0 Å². The molecule has 1 saturated carbocycles. The predicted molar refractivity (Wildman–Crippen MR) is 107 cm³/mol. The first-order valence-corrected chi connectivity index (χ1v) is 9.97. The third-order valence-electron chi connectivity index (χ3n) is 6.16. The van der Waals surface area contributed by atoms with Gasteiger partial charge in [0.15, 0.2) is 0 Å². The van der Waals surface area contributed by atoms with Crippen LogP contribution in [0.15, 0.2) is 36.7 Å². The van der Waals surface area contributed by atoms with Crippen molar-refractivity contribution in [1.82, 2.24) is 20.0 Å². The zero-order valence-corrected chi connectivity index (χ0v) is 16.1. The van der Waals surface area contributed by atoms with E-state index < -0.39 is 0 Å². The van der Waals surface area contributed by atoms with Gasteiger partial charge in [0.05, 0.1) is 6.04 Å². The molecule has 1 aliphatic carbocycles. The molecule has 0 bridgehead atoms. The van der Waals surface area contributed by atoms with Crippen molar-refractivity contribution in [1.29, 1.82) is 0 Å². The number of nitrogens with zero attached hydrogens (tertiary/aromatic N) is 4. The molecule has 1 saturated heterocycles. The number of benzene rings is 1. The van der Waals surface area contributed by atoms with Crippen LogP contribution >= 0.6 is 0 Å². The predicted octanol–water partition coefficient (Wildman–Crippen LogP) is 2.62. The summed E-state index contributed by atoms with van der Waals surface area (Å²) in [4.78, 5) is 5.14. The van der Waals surface area contributed by atoms with Gasteiger partial charge in [-0.15, -0.1) is 0 Å². The van der Waals surface area contributed by atoms with Gasteiger partial charge in [0.2, 0.25) is 0 Å². The molecule has 1 aromatic heterocycles. The molecular weight excluding hydrogens is 322 g/mol. The smallest absolute Gasteiger partial charge is 0.0548 e. The molecule has 1 aromatic carbocycles. The number of aryl methyl sites for hydroxylation is 1. The lowest BCUT2D eigenvalue weighted by molar-refractivity contribution is 0.195. The lowest BCUT2D eigenvalue weighted by atomic mass is 9.87. The van der Waals surface area contributed by atoms with Gasteiger partial charge in [-0.3, -0.25) is 9.58 Å². The van der Waals surface area contributed by atoms with E-state index in [0.717, 1.165) is 39.3 Å². The Balaban J connectivity index is 1.15. The van der Waals surface area contributed by atoms with Crippen LogP contribution in [0.25, 0.3) is 0 Å². The normalized spacial score (nSPS) is 23.8. The number of aromatic nitrogens is 2. The van der Waals surface area contributed by atoms with Crippen LogP contribution in [0.5, 0.6) is 0 Å². The van der Waals surface area contributed by atoms with Gasteiger partial charge in [-0.1, -0.05) is 12.1 Å². The van der Waals surface area contributed by atoms with E-state index in [4.69, 9.17) is 0 Å². The van der Waals surface area contributed by atoms with E-state index >= 15 is 0 Å². The van der Waals surface area contributed by atoms with Crippen molar-refractivity contribution in [3.8, 4) is 0 Å². The van der Waals surface area contributed by atoms with Crippen molar-refractivity contribution in [2.24, 2.45) is 0 Å². The summed E-state index contributed by atoms with van der Waals surface area (Å²) in [6.07, 6.45) is 6.37. The van der Waals surface area contributed by atoms with Crippen molar-refractivity contribution >= 4 is 5.69 Å². The summed E-state index contributed by atoms with van der Waals surface area (Å²) in [6.45, 7) is 11.3. The van der Waals surface area contributed by atoms with Gasteiger partial charge in [0.25, 0.3) is 0 Å². The Labute approximate surface area is 157 Å². The summed E-state index contributed by atoms with van der Waals surface area (Å²) < 4.78 is 2.10. The largest absolute Gasteiger partial charge is 0.369 e. The average molecular weight is 354 g/mol. The monoisotopic (exact) mass is 353 g/mol. The van der Waals surface area contributed by atoms with Crippen LogP contribution in [0.3, 0.4) is 0 Å². The van der Waals surface area contributed by atoms with Crippen molar-refractivity contribution in [2.45, 2.75) is 38.8 Å². The number of hydrogen-bond donors (Lipinski definition) is 1. The Morgan fingerprint density at radius 3 is 2.62 bits per heavy atom. The van der Waals surface area contributed by atoms with E-state index in [1.54, 1.807) is 0 Å². The Morgan fingerprint density at radius 2 is 1.88 bits per heavy atom. The fourth-order valence-corrected chi connectivity index (χ4v) is 4.18. The molecule has 2 aliphatic rings. The zero-order valence-electron chi connectivity index (χ0n) is 16.1. The molecule has 140 valence electrons. The number of piperazine rings is 1. The SMILES string of the molecule is Cc1cccc(N2CCN(CCNC3CC(n4cccn4)C3)CC2)c1C. The summed E-state index contributed by atoms with van der Waals surface area (Å²) in [5, 5.41) is 8.07. The second-order valence-corrected chi connectivity index (χ2v) is 7.81. The van der Waals surface area contributed by atoms with Gasteiger partial charge < -0.3 is 10.2 Å². The van der Waals surface area contributed by atoms with E-state index in [0.29, 0.717) is 12.1 Å². The highest BCUT2D eigenvalue weighted by molar-refractivity contribution is 5.56. The quantitative estimate of drug-likeness (QED) is 0.866. The molecule has 0 amide bonds.